The third-order valence-electron chi connectivity index (χ3n) is 5.13. The first-order chi connectivity index (χ1) is 10.8. The molecule has 0 spiro atoms. The summed E-state index contributed by atoms with van der Waals surface area (Å²) >= 11 is 2.21. The molecule has 23 heavy (non-hydrogen) atoms. The van der Waals surface area contributed by atoms with E-state index in [-0.39, 0.29) is 11.8 Å². The zero-order chi connectivity index (χ0) is 16.7. The largest absolute Gasteiger partial charge is 0.411 e. The number of nitrogens with zero attached hydrogens (tertiary/aromatic N) is 1. The summed E-state index contributed by atoms with van der Waals surface area (Å²) in [5.74, 6) is 0.223. The number of halogens is 4. The average Bonchev–Trinajstić information content (AvgIpc) is 2.44. The molecule has 1 aliphatic carbocycles. The lowest BCUT2D eigenvalue weighted by molar-refractivity contribution is -0.251. The van der Waals surface area contributed by atoms with Crippen LogP contribution in [0.2, 0.25) is 0 Å². The molecule has 1 heterocycles. The fourth-order valence-corrected chi connectivity index (χ4v) is 4.92. The van der Waals surface area contributed by atoms with E-state index < -0.39 is 18.4 Å². The zero-order valence-corrected chi connectivity index (χ0v) is 15.2. The summed E-state index contributed by atoms with van der Waals surface area (Å²) in [5, 5.41) is 0. The van der Waals surface area contributed by atoms with Crippen LogP contribution in [0.3, 0.4) is 0 Å². The molecular weight excluding hydrogens is 418 g/mol. The molecule has 2 nitrogen and oxygen atoms in total. The molecule has 2 fully saturated rings. The van der Waals surface area contributed by atoms with Gasteiger partial charge in [-0.3, -0.25) is 0 Å². The Balaban J connectivity index is 2.03. The minimum Gasteiger partial charge on any atom is -0.360 e. The highest BCUT2D eigenvalue weighted by Crippen LogP contribution is 2.52. The van der Waals surface area contributed by atoms with Gasteiger partial charge in [-0.15, -0.1) is 0 Å². The van der Waals surface area contributed by atoms with Gasteiger partial charge in [-0.25, -0.2) is 0 Å². The van der Waals surface area contributed by atoms with Gasteiger partial charge < -0.3 is 9.64 Å². The molecule has 2 atom stereocenters. The van der Waals surface area contributed by atoms with Crippen LogP contribution in [0.25, 0.3) is 0 Å². The summed E-state index contributed by atoms with van der Waals surface area (Å²) in [6.45, 7) is 0.412. The van der Waals surface area contributed by atoms with Crippen molar-refractivity contribution >= 4 is 22.6 Å². The fourth-order valence-electron chi connectivity index (χ4n) is 4.38. The second kappa shape index (κ2) is 6.52. The monoisotopic (exact) mass is 439 g/mol. The molecular formula is C17H21F3INO. The van der Waals surface area contributed by atoms with E-state index in [9.17, 15) is 13.2 Å². The maximum Gasteiger partial charge on any atom is 0.411 e. The smallest absolute Gasteiger partial charge is 0.360 e. The van der Waals surface area contributed by atoms with E-state index in [0.29, 0.717) is 0 Å². The quantitative estimate of drug-likeness (QED) is 0.647. The number of benzene rings is 1. The SMILES string of the molecule is CN1CC2CCCC(C1)C2(OCC(F)(F)F)c1cccc(I)c1. The van der Waals surface area contributed by atoms with Crippen molar-refractivity contribution in [1.29, 1.82) is 0 Å². The van der Waals surface area contributed by atoms with Crippen LogP contribution in [0, 0.1) is 15.4 Å². The first-order valence-corrected chi connectivity index (χ1v) is 9.04. The number of ether oxygens (including phenoxy) is 1. The minimum absolute atomic E-state index is 0.112. The maximum absolute atomic E-state index is 12.9. The molecule has 2 aliphatic rings. The summed E-state index contributed by atoms with van der Waals surface area (Å²) < 4.78 is 45.4. The highest BCUT2D eigenvalue weighted by Gasteiger charge is 2.54. The summed E-state index contributed by atoms with van der Waals surface area (Å²) in [6.07, 6.45) is -1.38. The Morgan fingerprint density at radius 1 is 1.26 bits per heavy atom. The summed E-state index contributed by atoms with van der Waals surface area (Å²) in [7, 11) is 2.05. The van der Waals surface area contributed by atoms with Crippen LogP contribution >= 0.6 is 22.6 Å². The second-order valence-corrected chi connectivity index (χ2v) is 8.00. The van der Waals surface area contributed by atoms with E-state index in [1.165, 1.54) is 0 Å². The molecule has 6 heteroatoms. The molecule has 1 aromatic rings. The van der Waals surface area contributed by atoms with Gasteiger partial charge in [0.15, 0.2) is 0 Å². The van der Waals surface area contributed by atoms with E-state index in [1.54, 1.807) is 0 Å². The Kier molecular flexibility index (Phi) is 4.95. The summed E-state index contributed by atoms with van der Waals surface area (Å²) in [4.78, 5) is 2.23. The molecule has 3 rings (SSSR count). The predicted molar refractivity (Wildman–Crippen MR) is 91.2 cm³/mol. The Hall–Kier alpha value is -0.340. The van der Waals surface area contributed by atoms with Crippen LogP contribution in [-0.2, 0) is 10.3 Å². The van der Waals surface area contributed by atoms with Gasteiger partial charge in [0.1, 0.15) is 12.2 Å². The lowest BCUT2D eigenvalue weighted by atomic mass is 9.62. The highest BCUT2D eigenvalue weighted by molar-refractivity contribution is 14.1. The number of alkyl halides is 3. The van der Waals surface area contributed by atoms with Crippen molar-refractivity contribution in [3.05, 3.63) is 33.4 Å². The molecule has 2 unspecified atom stereocenters. The Labute approximate surface area is 148 Å². The minimum atomic E-state index is -4.30. The number of hydrogen-bond donors (Lipinski definition) is 0. The van der Waals surface area contributed by atoms with Crippen molar-refractivity contribution in [3.8, 4) is 0 Å². The second-order valence-electron chi connectivity index (χ2n) is 6.75. The van der Waals surface area contributed by atoms with Crippen molar-refractivity contribution in [2.45, 2.75) is 31.0 Å². The van der Waals surface area contributed by atoms with Crippen LogP contribution in [0.4, 0.5) is 13.2 Å². The normalized spacial score (nSPS) is 32.0. The van der Waals surface area contributed by atoms with E-state index in [0.717, 1.165) is 41.5 Å². The Morgan fingerprint density at radius 3 is 2.48 bits per heavy atom. The van der Waals surface area contributed by atoms with E-state index in [4.69, 9.17) is 4.74 Å². The first-order valence-electron chi connectivity index (χ1n) is 7.96. The van der Waals surface area contributed by atoms with Gasteiger partial charge in [0.2, 0.25) is 0 Å². The molecule has 0 amide bonds. The molecule has 0 aromatic heterocycles. The van der Waals surface area contributed by atoms with E-state index in [1.807, 2.05) is 31.3 Å². The van der Waals surface area contributed by atoms with Crippen LogP contribution in [0.5, 0.6) is 0 Å². The molecule has 1 aromatic carbocycles. The highest BCUT2D eigenvalue weighted by atomic mass is 127. The standard InChI is InChI=1S/C17H21F3INO/c1-22-9-13-5-2-6-14(10-22)17(13,23-11-16(18,19)20)12-4-3-7-15(21)8-12/h3-4,7-8,13-14H,2,5-6,9-11H2,1H3. The van der Waals surface area contributed by atoms with E-state index in [2.05, 4.69) is 27.5 Å². The van der Waals surface area contributed by atoms with Crippen LogP contribution < -0.4 is 0 Å². The van der Waals surface area contributed by atoms with Gasteiger partial charge in [-0.05, 0) is 60.2 Å². The van der Waals surface area contributed by atoms with Crippen LogP contribution in [-0.4, -0.2) is 37.8 Å². The number of likely N-dealkylation sites (tertiary alicyclic amines) is 1. The van der Waals surface area contributed by atoms with Crippen molar-refractivity contribution in [3.63, 3.8) is 0 Å². The predicted octanol–water partition coefficient (Wildman–Crippen LogP) is 4.43. The maximum atomic E-state index is 12.9. The van der Waals surface area contributed by atoms with Crippen LogP contribution in [0.15, 0.2) is 24.3 Å². The Bertz CT molecular complexity index is 549. The van der Waals surface area contributed by atoms with Gasteiger partial charge in [-0.1, -0.05) is 18.6 Å². The Morgan fingerprint density at radius 2 is 1.91 bits per heavy atom. The van der Waals surface area contributed by atoms with Gasteiger partial charge in [0.05, 0.1) is 0 Å². The third kappa shape index (κ3) is 3.54. The molecule has 128 valence electrons. The topological polar surface area (TPSA) is 12.5 Å². The summed E-state index contributed by atoms with van der Waals surface area (Å²) in [5.41, 5.74) is 0.109. The average molecular weight is 439 g/mol. The lowest BCUT2D eigenvalue weighted by Gasteiger charge is -2.55. The van der Waals surface area contributed by atoms with Crippen molar-refractivity contribution in [2.75, 3.05) is 26.7 Å². The van der Waals surface area contributed by atoms with Crippen molar-refractivity contribution in [1.82, 2.24) is 4.90 Å². The van der Waals surface area contributed by atoms with Crippen molar-refractivity contribution < 1.29 is 17.9 Å². The van der Waals surface area contributed by atoms with E-state index >= 15 is 0 Å². The zero-order valence-electron chi connectivity index (χ0n) is 13.1. The summed E-state index contributed by atoms with van der Waals surface area (Å²) in [6, 6.07) is 7.82. The number of hydrogen-bond acceptors (Lipinski definition) is 2. The number of piperidine rings is 1. The molecule has 1 saturated carbocycles. The van der Waals surface area contributed by atoms with Crippen molar-refractivity contribution in [2.24, 2.45) is 11.8 Å². The number of rotatable bonds is 3. The van der Waals surface area contributed by atoms with Crippen LogP contribution in [0.1, 0.15) is 24.8 Å². The molecule has 1 aliphatic heterocycles. The molecule has 1 saturated heterocycles. The van der Waals surface area contributed by atoms with Gasteiger partial charge >= 0.3 is 6.18 Å². The molecule has 2 bridgehead atoms. The van der Waals surface area contributed by atoms with Gasteiger partial charge in [-0.2, -0.15) is 13.2 Å². The van der Waals surface area contributed by atoms with Gasteiger partial charge in [0.25, 0.3) is 0 Å². The fraction of sp³-hybridized carbons (Fsp3) is 0.647. The van der Waals surface area contributed by atoms with Gasteiger partial charge in [0, 0.05) is 28.5 Å². The number of fused-ring (bicyclic) bond motifs is 2. The first kappa shape index (κ1) is 17.5. The molecule has 0 radical (unpaired) electrons. The third-order valence-corrected chi connectivity index (χ3v) is 5.80. The molecule has 0 N–H and O–H groups in total. The lowest BCUT2D eigenvalue weighted by Crippen LogP contribution is -2.59.